The van der Waals surface area contributed by atoms with E-state index in [1.807, 2.05) is 20.0 Å². The van der Waals surface area contributed by atoms with Gasteiger partial charge in [-0.1, -0.05) is 6.92 Å². The van der Waals surface area contributed by atoms with Crippen molar-refractivity contribution >= 4 is 5.97 Å². The summed E-state index contributed by atoms with van der Waals surface area (Å²) in [5, 5.41) is 12.5. The van der Waals surface area contributed by atoms with Crippen LogP contribution in [0.3, 0.4) is 0 Å². The zero-order valence-corrected chi connectivity index (χ0v) is 7.19. The van der Waals surface area contributed by atoms with Gasteiger partial charge in [-0.25, -0.2) is 0 Å². The molecule has 0 radical (unpaired) electrons. The standard InChI is InChI=1S/C8H12N2O2/c1-6(5-8(11)12)7-3-4-9-10(7)2/h3-4,6H,5H2,1-2H3,(H,11,12). The monoisotopic (exact) mass is 168 g/mol. The third kappa shape index (κ3) is 1.84. The average molecular weight is 168 g/mol. The van der Waals surface area contributed by atoms with Crippen LogP contribution in [0.15, 0.2) is 12.3 Å². The Hall–Kier alpha value is -1.32. The van der Waals surface area contributed by atoms with Gasteiger partial charge in [0.25, 0.3) is 0 Å². The molecule has 1 aromatic rings. The van der Waals surface area contributed by atoms with Crippen molar-refractivity contribution in [3.05, 3.63) is 18.0 Å². The number of carbonyl (C=O) groups is 1. The van der Waals surface area contributed by atoms with E-state index in [1.165, 1.54) is 0 Å². The lowest BCUT2D eigenvalue weighted by Gasteiger charge is -2.07. The van der Waals surface area contributed by atoms with Crippen LogP contribution in [0.1, 0.15) is 25.0 Å². The van der Waals surface area contributed by atoms with Crippen molar-refractivity contribution in [2.24, 2.45) is 7.05 Å². The van der Waals surface area contributed by atoms with Crippen LogP contribution in [0.4, 0.5) is 0 Å². The number of hydrogen-bond acceptors (Lipinski definition) is 2. The zero-order chi connectivity index (χ0) is 9.14. The highest BCUT2D eigenvalue weighted by molar-refractivity contribution is 5.67. The Bertz CT molecular complexity index is 280. The molecule has 4 nitrogen and oxygen atoms in total. The molecule has 0 aliphatic rings. The highest BCUT2D eigenvalue weighted by atomic mass is 16.4. The van der Waals surface area contributed by atoms with Crippen molar-refractivity contribution in [3.63, 3.8) is 0 Å². The second-order valence-corrected chi connectivity index (χ2v) is 2.88. The lowest BCUT2D eigenvalue weighted by molar-refractivity contribution is -0.137. The minimum Gasteiger partial charge on any atom is -0.481 e. The minimum absolute atomic E-state index is 0.0231. The molecule has 0 aliphatic heterocycles. The van der Waals surface area contributed by atoms with Crippen molar-refractivity contribution in [3.8, 4) is 0 Å². The number of rotatable bonds is 3. The summed E-state index contributed by atoms with van der Waals surface area (Å²) in [4.78, 5) is 10.4. The third-order valence-corrected chi connectivity index (χ3v) is 1.84. The summed E-state index contributed by atoms with van der Waals surface area (Å²) < 4.78 is 1.70. The van der Waals surface area contributed by atoms with E-state index >= 15 is 0 Å². The van der Waals surface area contributed by atoms with E-state index in [0.717, 1.165) is 5.69 Å². The van der Waals surface area contributed by atoms with Gasteiger partial charge in [-0.15, -0.1) is 0 Å². The van der Waals surface area contributed by atoms with Gasteiger partial charge in [0.15, 0.2) is 0 Å². The molecule has 0 bridgehead atoms. The number of carboxylic acids is 1. The summed E-state index contributed by atoms with van der Waals surface area (Å²) in [6.45, 7) is 1.88. The minimum atomic E-state index is -0.774. The first-order valence-electron chi connectivity index (χ1n) is 3.81. The number of nitrogens with zero attached hydrogens (tertiary/aromatic N) is 2. The number of carboxylic acid groups (broad SMARTS) is 1. The van der Waals surface area contributed by atoms with Crippen LogP contribution in [0.5, 0.6) is 0 Å². The summed E-state index contributed by atoms with van der Waals surface area (Å²) in [7, 11) is 1.81. The Labute approximate surface area is 70.8 Å². The average Bonchev–Trinajstić information content (AvgIpc) is 2.33. The van der Waals surface area contributed by atoms with Gasteiger partial charge in [-0.2, -0.15) is 5.10 Å². The Morgan fingerprint density at radius 1 is 1.83 bits per heavy atom. The van der Waals surface area contributed by atoms with E-state index in [-0.39, 0.29) is 12.3 Å². The zero-order valence-electron chi connectivity index (χ0n) is 7.19. The number of aliphatic carboxylic acids is 1. The van der Waals surface area contributed by atoms with Gasteiger partial charge in [0, 0.05) is 24.9 Å². The van der Waals surface area contributed by atoms with Gasteiger partial charge in [0.1, 0.15) is 0 Å². The van der Waals surface area contributed by atoms with Crippen molar-refractivity contribution in [1.82, 2.24) is 9.78 Å². The largest absolute Gasteiger partial charge is 0.481 e. The smallest absolute Gasteiger partial charge is 0.304 e. The maximum Gasteiger partial charge on any atom is 0.304 e. The molecule has 1 heterocycles. The molecule has 0 fully saturated rings. The predicted octanol–water partition coefficient (Wildman–Crippen LogP) is 0.998. The van der Waals surface area contributed by atoms with Crippen molar-refractivity contribution < 1.29 is 9.90 Å². The first-order chi connectivity index (χ1) is 5.61. The van der Waals surface area contributed by atoms with Gasteiger partial charge in [-0.3, -0.25) is 9.48 Å². The molecule has 0 spiro atoms. The number of hydrogen-bond donors (Lipinski definition) is 1. The summed E-state index contributed by atoms with van der Waals surface area (Å²) in [6.07, 6.45) is 1.83. The summed E-state index contributed by atoms with van der Waals surface area (Å²) in [6, 6.07) is 1.84. The van der Waals surface area contributed by atoms with Crippen molar-refractivity contribution in [2.75, 3.05) is 0 Å². The Morgan fingerprint density at radius 2 is 2.50 bits per heavy atom. The summed E-state index contributed by atoms with van der Waals surface area (Å²) >= 11 is 0. The quantitative estimate of drug-likeness (QED) is 0.732. The van der Waals surface area contributed by atoms with Crippen molar-refractivity contribution in [2.45, 2.75) is 19.3 Å². The fraction of sp³-hybridized carbons (Fsp3) is 0.500. The third-order valence-electron chi connectivity index (χ3n) is 1.84. The Balaban J connectivity index is 2.71. The van der Waals surface area contributed by atoms with Gasteiger partial charge in [0.2, 0.25) is 0 Å². The molecule has 1 atom stereocenters. The molecule has 0 saturated carbocycles. The van der Waals surface area contributed by atoms with Gasteiger partial charge in [0.05, 0.1) is 6.42 Å². The Morgan fingerprint density at radius 3 is 2.92 bits per heavy atom. The molecule has 0 saturated heterocycles. The second kappa shape index (κ2) is 3.38. The van der Waals surface area contributed by atoms with Crippen LogP contribution in [-0.4, -0.2) is 20.9 Å². The van der Waals surface area contributed by atoms with E-state index in [4.69, 9.17) is 5.11 Å². The second-order valence-electron chi connectivity index (χ2n) is 2.88. The normalized spacial score (nSPS) is 12.8. The topological polar surface area (TPSA) is 55.1 Å². The van der Waals surface area contributed by atoms with Gasteiger partial charge in [-0.05, 0) is 6.07 Å². The first kappa shape index (κ1) is 8.77. The van der Waals surface area contributed by atoms with Crippen LogP contribution in [0.25, 0.3) is 0 Å². The van der Waals surface area contributed by atoms with Crippen molar-refractivity contribution in [1.29, 1.82) is 0 Å². The highest BCUT2D eigenvalue weighted by Crippen LogP contribution is 2.16. The SMILES string of the molecule is CC(CC(=O)O)c1ccnn1C. The molecule has 0 aliphatic carbocycles. The fourth-order valence-electron chi connectivity index (χ4n) is 1.23. The molecule has 1 unspecified atom stereocenters. The molecular formula is C8H12N2O2. The van der Waals surface area contributed by atoms with Gasteiger partial charge < -0.3 is 5.11 Å². The van der Waals surface area contributed by atoms with E-state index in [0.29, 0.717) is 0 Å². The van der Waals surface area contributed by atoms with Crippen LogP contribution in [-0.2, 0) is 11.8 Å². The molecule has 66 valence electrons. The van der Waals surface area contributed by atoms with E-state index in [2.05, 4.69) is 5.10 Å². The highest BCUT2D eigenvalue weighted by Gasteiger charge is 2.12. The maximum absolute atomic E-state index is 10.4. The predicted molar refractivity (Wildman–Crippen MR) is 43.9 cm³/mol. The van der Waals surface area contributed by atoms with Crippen LogP contribution < -0.4 is 0 Å². The summed E-state index contributed by atoms with van der Waals surface area (Å²) in [5.41, 5.74) is 0.956. The fourth-order valence-corrected chi connectivity index (χ4v) is 1.23. The lowest BCUT2D eigenvalue weighted by atomic mass is 10.0. The molecule has 0 aromatic carbocycles. The Kier molecular flexibility index (Phi) is 2.47. The first-order valence-corrected chi connectivity index (χ1v) is 3.81. The molecule has 1 rings (SSSR count). The summed E-state index contributed by atoms with van der Waals surface area (Å²) in [5.74, 6) is -0.751. The van der Waals surface area contributed by atoms with Gasteiger partial charge >= 0.3 is 5.97 Å². The molecule has 1 aromatic heterocycles. The molecule has 12 heavy (non-hydrogen) atoms. The van der Waals surface area contributed by atoms with E-state index in [9.17, 15) is 4.79 Å². The van der Waals surface area contributed by atoms with Crippen LogP contribution in [0.2, 0.25) is 0 Å². The van der Waals surface area contributed by atoms with E-state index in [1.54, 1.807) is 10.9 Å². The van der Waals surface area contributed by atoms with Crippen LogP contribution >= 0.6 is 0 Å². The number of aryl methyl sites for hydroxylation is 1. The molecule has 0 amide bonds. The molecular weight excluding hydrogens is 156 g/mol. The molecule has 4 heteroatoms. The maximum atomic E-state index is 10.4. The van der Waals surface area contributed by atoms with E-state index < -0.39 is 5.97 Å². The van der Waals surface area contributed by atoms with Crippen LogP contribution in [0, 0.1) is 0 Å². The lowest BCUT2D eigenvalue weighted by Crippen LogP contribution is -2.07. The molecule has 1 N–H and O–H groups in total. The number of aromatic nitrogens is 2.